The van der Waals surface area contributed by atoms with E-state index < -0.39 is 0 Å². The molecule has 3 fully saturated rings. The van der Waals surface area contributed by atoms with E-state index in [9.17, 15) is 4.79 Å². The normalized spacial score (nSPS) is 30.3. The van der Waals surface area contributed by atoms with Crippen molar-refractivity contribution in [1.82, 2.24) is 9.88 Å². The molecule has 4 rings (SSSR count). The van der Waals surface area contributed by atoms with Crippen molar-refractivity contribution in [3.63, 3.8) is 0 Å². The van der Waals surface area contributed by atoms with Crippen LogP contribution in [0.5, 0.6) is 0 Å². The monoisotopic (exact) mass is 316 g/mol. The molecule has 5 heteroatoms. The Morgan fingerprint density at radius 2 is 2.26 bits per heavy atom. The maximum Gasteiger partial charge on any atom is 0.255 e. The second kappa shape index (κ2) is 6.21. The highest BCUT2D eigenvalue weighted by Crippen LogP contribution is 2.34. The van der Waals surface area contributed by atoms with Crippen molar-refractivity contribution in [1.29, 1.82) is 0 Å². The van der Waals surface area contributed by atoms with Gasteiger partial charge in [0.1, 0.15) is 12.2 Å². The molecule has 124 valence electrons. The van der Waals surface area contributed by atoms with Gasteiger partial charge in [0.25, 0.3) is 5.91 Å². The maximum atomic E-state index is 12.9. The zero-order valence-corrected chi connectivity index (χ0v) is 13.6. The molecule has 0 unspecified atom stereocenters. The van der Waals surface area contributed by atoms with Gasteiger partial charge in [-0.2, -0.15) is 0 Å². The lowest BCUT2D eigenvalue weighted by Gasteiger charge is -2.32. The molecule has 1 aromatic heterocycles. The number of carbonyl (C=O) groups is 1. The molecule has 3 aliphatic rings. The molecule has 23 heavy (non-hydrogen) atoms. The average molecular weight is 316 g/mol. The minimum absolute atomic E-state index is 0.0169. The van der Waals surface area contributed by atoms with E-state index in [0.717, 1.165) is 37.7 Å². The molecule has 3 atom stereocenters. The molecule has 1 aliphatic carbocycles. The lowest BCUT2D eigenvalue weighted by Crippen LogP contribution is -2.44. The van der Waals surface area contributed by atoms with E-state index in [4.69, 9.17) is 9.47 Å². The van der Waals surface area contributed by atoms with Gasteiger partial charge in [-0.1, -0.05) is 0 Å². The molecule has 0 spiro atoms. The largest absolute Gasteiger partial charge is 0.373 e. The predicted molar refractivity (Wildman–Crippen MR) is 85.2 cm³/mol. The first-order valence-electron chi connectivity index (χ1n) is 8.69. The summed E-state index contributed by atoms with van der Waals surface area (Å²) in [7, 11) is 0. The van der Waals surface area contributed by atoms with Crippen LogP contribution < -0.4 is 0 Å². The Labute approximate surface area is 137 Å². The van der Waals surface area contributed by atoms with Crippen LogP contribution in [0.15, 0.2) is 18.3 Å². The SMILES string of the molecule is Cc1ccc(C(=O)N2C[C@@H](OCC3CC3)[C@H]3OCCC[C@H]32)cn1. The Hall–Kier alpha value is -1.46. The number of carbonyl (C=O) groups excluding carboxylic acids is 1. The Morgan fingerprint density at radius 1 is 1.39 bits per heavy atom. The molecular weight excluding hydrogens is 292 g/mol. The van der Waals surface area contributed by atoms with Crippen molar-refractivity contribution >= 4 is 5.91 Å². The third kappa shape index (κ3) is 3.12. The van der Waals surface area contributed by atoms with Crippen molar-refractivity contribution in [2.75, 3.05) is 19.8 Å². The van der Waals surface area contributed by atoms with Gasteiger partial charge in [-0.25, -0.2) is 0 Å². The van der Waals surface area contributed by atoms with Crippen molar-refractivity contribution < 1.29 is 14.3 Å². The van der Waals surface area contributed by atoms with Crippen molar-refractivity contribution in [2.24, 2.45) is 5.92 Å². The Balaban J connectivity index is 1.49. The Kier molecular flexibility index (Phi) is 4.07. The number of pyridine rings is 1. The molecule has 5 nitrogen and oxygen atoms in total. The molecule has 3 heterocycles. The van der Waals surface area contributed by atoms with Crippen LogP contribution in [-0.4, -0.2) is 53.8 Å². The lowest BCUT2D eigenvalue weighted by atomic mass is 10.0. The molecular formula is C18H24N2O3. The quantitative estimate of drug-likeness (QED) is 0.854. The number of ether oxygens (including phenoxy) is 2. The van der Waals surface area contributed by atoms with E-state index in [2.05, 4.69) is 4.98 Å². The summed E-state index contributed by atoms with van der Waals surface area (Å²) in [4.78, 5) is 19.1. The standard InChI is InChI=1S/C18H24N2O3/c1-12-4-7-14(9-19-12)18(21)20-10-16(23-11-13-5-6-13)17-15(20)3-2-8-22-17/h4,7,9,13,15-17H,2-3,5-6,8,10-11H2,1H3/t15-,16-,17+/m1/s1. The maximum absolute atomic E-state index is 12.9. The zero-order valence-electron chi connectivity index (χ0n) is 13.6. The summed E-state index contributed by atoms with van der Waals surface area (Å²) in [6, 6.07) is 3.89. The first-order chi connectivity index (χ1) is 11.2. The van der Waals surface area contributed by atoms with Crippen LogP contribution in [0, 0.1) is 12.8 Å². The third-order valence-electron chi connectivity index (χ3n) is 5.14. The van der Waals surface area contributed by atoms with Gasteiger partial charge in [-0.05, 0) is 50.7 Å². The van der Waals surface area contributed by atoms with Crippen LogP contribution in [0.2, 0.25) is 0 Å². The molecule has 1 amide bonds. The van der Waals surface area contributed by atoms with Gasteiger partial charge in [-0.15, -0.1) is 0 Å². The van der Waals surface area contributed by atoms with E-state index in [1.54, 1.807) is 6.20 Å². The number of fused-ring (bicyclic) bond motifs is 1. The van der Waals surface area contributed by atoms with Crippen molar-refractivity contribution in [2.45, 2.75) is 50.9 Å². The van der Waals surface area contributed by atoms with E-state index in [-0.39, 0.29) is 24.2 Å². The molecule has 0 bridgehead atoms. The van der Waals surface area contributed by atoms with Gasteiger partial charge in [0.15, 0.2) is 0 Å². The minimum Gasteiger partial charge on any atom is -0.373 e. The molecule has 0 aromatic carbocycles. The fourth-order valence-electron chi connectivity index (χ4n) is 3.59. The summed E-state index contributed by atoms with van der Waals surface area (Å²) in [5.41, 5.74) is 1.58. The van der Waals surface area contributed by atoms with Crippen molar-refractivity contribution in [3.8, 4) is 0 Å². The Bertz CT molecular complexity index is 570. The van der Waals surface area contributed by atoms with E-state index in [0.29, 0.717) is 12.1 Å². The summed E-state index contributed by atoms with van der Waals surface area (Å²) in [5.74, 6) is 0.776. The minimum atomic E-state index is 0.0169. The highest BCUT2D eigenvalue weighted by molar-refractivity contribution is 5.94. The number of hydrogen-bond donors (Lipinski definition) is 0. The van der Waals surface area contributed by atoms with Crippen LogP contribution in [0.25, 0.3) is 0 Å². The van der Waals surface area contributed by atoms with Crippen LogP contribution in [0.4, 0.5) is 0 Å². The van der Waals surface area contributed by atoms with Gasteiger partial charge in [0.05, 0.1) is 18.2 Å². The van der Waals surface area contributed by atoms with Crippen LogP contribution in [0.1, 0.15) is 41.7 Å². The number of hydrogen-bond acceptors (Lipinski definition) is 4. The number of rotatable bonds is 4. The zero-order chi connectivity index (χ0) is 15.8. The van der Waals surface area contributed by atoms with E-state index in [1.807, 2.05) is 24.0 Å². The molecule has 2 aliphatic heterocycles. The van der Waals surface area contributed by atoms with Gasteiger partial charge >= 0.3 is 0 Å². The van der Waals surface area contributed by atoms with Gasteiger partial charge in [-0.3, -0.25) is 9.78 Å². The van der Waals surface area contributed by atoms with Crippen LogP contribution in [-0.2, 0) is 9.47 Å². The fraction of sp³-hybridized carbons (Fsp3) is 0.667. The molecule has 0 N–H and O–H groups in total. The number of likely N-dealkylation sites (tertiary alicyclic amines) is 1. The second-order valence-electron chi connectivity index (χ2n) is 7.01. The van der Waals surface area contributed by atoms with Crippen LogP contribution in [0.3, 0.4) is 0 Å². The summed E-state index contributed by atoms with van der Waals surface area (Å²) < 4.78 is 12.1. The highest BCUT2D eigenvalue weighted by atomic mass is 16.5. The average Bonchev–Trinajstić information content (AvgIpc) is 3.33. The topological polar surface area (TPSA) is 51.7 Å². The van der Waals surface area contributed by atoms with Crippen molar-refractivity contribution in [3.05, 3.63) is 29.6 Å². The van der Waals surface area contributed by atoms with E-state index in [1.165, 1.54) is 12.8 Å². The van der Waals surface area contributed by atoms with Gasteiger partial charge in [0, 0.05) is 25.1 Å². The summed E-state index contributed by atoms with van der Waals surface area (Å²) in [6.45, 7) is 4.15. The number of nitrogens with zero attached hydrogens (tertiary/aromatic N) is 2. The molecule has 0 radical (unpaired) electrons. The first-order valence-corrected chi connectivity index (χ1v) is 8.69. The molecule has 1 aromatic rings. The predicted octanol–water partition coefficient (Wildman–Crippen LogP) is 2.19. The van der Waals surface area contributed by atoms with E-state index >= 15 is 0 Å². The summed E-state index contributed by atoms with van der Waals surface area (Å²) >= 11 is 0. The Morgan fingerprint density at radius 3 is 3.00 bits per heavy atom. The smallest absolute Gasteiger partial charge is 0.255 e. The lowest BCUT2D eigenvalue weighted by molar-refractivity contribution is -0.0781. The fourth-order valence-corrected chi connectivity index (χ4v) is 3.59. The van der Waals surface area contributed by atoms with Gasteiger partial charge < -0.3 is 14.4 Å². The summed E-state index contributed by atoms with van der Waals surface area (Å²) in [5, 5.41) is 0. The molecule has 1 saturated carbocycles. The number of aromatic nitrogens is 1. The molecule has 2 saturated heterocycles. The first kappa shape index (κ1) is 15.1. The van der Waals surface area contributed by atoms with Gasteiger partial charge in [0.2, 0.25) is 0 Å². The third-order valence-corrected chi connectivity index (χ3v) is 5.14. The number of aryl methyl sites for hydroxylation is 1. The van der Waals surface area contributed by atoms with Crippen LogP contribution >= 0.6 is 0 Å². The summed E-state index contributed by atoms with van der Waals surface area (Å²) in [6.07, 6.45) is 6.28. The number of amides is 1. The second-order valence-corrected chi connectivity index (χ2v) is 7.01. The highest BCUT2D eigenvalue weighted by Gasteiger charge is 2.47.